The van der Waals surface area contributed by atoms with Gasteiger partial charge in [0.1, 0.15) is 0 Å². The molecular formula is C13H11BrN2O3. The minimum Gasteiger partial charge on any atom is -0.504 e. The molecule has 0 saturated heterocycles. The summed E-state index contributed by atoms with van der Waals surface area (Å²) in [5.74, 6) is -0.0876. The van der Waals surface area contributed by atoms with E-state index in [9.17, 15) is 9.90 Å². The van der Waals surface area contributed by atoms with Gasteiger partial charge in [-0.25, -0.2) is 0 Å². The van der Waals surface area contributed by atoms with Crippen LogP contribution < -0.4 is 10.1 Å². The van der Waals surface area contributed by atoms with Crippen molar-refractivity contribution < 1.29 is 14.6 Å². The van der Waals surface area contributed by atoms with E-state index in [0.717, 1.165) is 0 Å². The van der Waals surface area contributed by atoms with Crippen molar-refractivity contribution in [3.63, 3.8) is 0 Å². The molecular weight excluding hydrogens is 312 g/mol. The summed E-state index contributed by atoms with van der Waals surface area (Å²) in [6.45, 7) is 0. The van der Waals surface area contributed by atoms with Crippen LogP contribution in [0.4, 0.5) is 5.69 Å². The van der Waals surface area contributed by atoms with Crippen molar-refractivity contribution in [3.05, 3.63) is 46.7 Å². The number of pyridine rings is 1. The normalized spacial score (nSPS) is 10.0. The Morgan fingerprint density at radius 3 is 2.84 bits per heavy atom. The number of phenols is 1. The van der Waals surface area contributed by atoms with Gasteiger partial charge in [-0.2, -0.15) is 0 Å². The molecule has 2 rings (SSSR count). The number of carbonyl (C=O) groups excluding carboxylic acids is 1. The number of nitrogens with one attached hydrogen (secondary N) is 1. The van der Waals surface area contributed by atoms with Gasteiger partial charge in [0.2, 0.25) is 0 Å². The van der Waals surface area contributed by atoms with E-state index in [1.807, 2.05) is 0 Å². The molecule has 19 heavy (non-hydrogen) atoms. The second kappa shape index (κ2) is 5.71. The van der Waals surface area contributed by atoms with Crippen LogP contribution in [0.15, 0.2) is 41.1 Å². The zero-order valence-corrected chi connectivity index (χ0v) is 11.6. The van der Waals surface area contributed by atoms with Crippen molar-refractivity contribution in [2.45, 2.75) is 0 Å². The lowest BCUT2D eigenvalue weighted by molar-refractivity contribution is 0.102. The van der Waals surface area contributed by atoms with E-state index in [1.165, 1.54) is 19.2 Å². The molecule has 0 saturated carbocycles. The van der Waals surface area contributed by atoms with Crippen molar-refractivity contribution in [3.8, 4) is 11.5 Å². The molecule has 0 aliphatic rings. The van der Waals surface area contributed by atoms with E-state index in [4.69, 9.17) is 4.74 Å². The van der Waals surface area contributed by atoms with Gasteiger partial charge in [0, 0.05) is 18.0 Å². The number of halogens is 1. The van der Waals surface area contributed by atoms with Crippen LogP contribution in [-0.4, -0.2) is 23.1 Å². The van der Waals surface area contributed by atoms with Gasteiger partial charge < -0.3 is 15.2 Å². The minimum absolute atomic E-state index is 0.0797. The smallest absolute Gasteiger partial charge is 0.255 e. The zero-order valence-electron chi connectivity index (χ0n) is 10.1. The summed E-state index contributed by atoms with van der Waals surface area (Å²) in [6.07, 6.45) is 3.16. The molecule has 0 aliphatic heterocycles. The fraction of sp³-hybridized carbons (Fsp3) is 0.0769. The summed E-state index contributed by atoms with van der Waals surface area (Å²) in [5.41, 5.74) is 0.942. The van der Waals surface area contributed by atoms with Crippen LogP contribution in [0.5, 0.6) is 11.5 Å². The van der Waals surface area contributed by atoms with Crippen molar-refractivity contribution in [1.82, 2.24) is 4.98 Å². The average molecular weight is 323 g/mol. The van der Waals surface area contributed by atoms with Gasteiger partial charge >= 0.3 is 0 Å². The quantitative estimate of drug-likeness (QED) is 0.911. The van der Waals surface area contributed by atoms with E-state index >= 15 is 0 Å². The van der Waals surface area contributed by atoms with E-state index in [-0.39, 0.29) is 11.7 Å². The number of anilines is 1. The zero-order chi connectivity index (χ0) is 13.8. The number of nitrogens with zero attached hydrogens (tertiary/aromatic N) is 1. The van der Waals surface area contributed by atoms with Gasteiger partial charge in [-0.1, -0.05) is 0 Å². The lowest BCUT2D eigenvalue weighted by atomic mass is 10.2. The molecule has 1 heterocycles. The monoisotopic (exact) mass is 322 g/mol. The Hall–Kier alpha value is -2.08. The van der Waals surface area contributed by atoms with Gasteiger partial charge in [-0.3, -0.25) is 9.78 Å². The molecule has 0 unspecified atom stereocenters. The van der Waals surface area contributed by atoms with Crippen molar-refractivity contribution in [2.24, 2.45) is 0 Å². The third-order valence-corrected chi connectivity index (χ3v) is 3.09. The topological polar surface area (TPSA) is 71.5 Å². The first-order chi connectivity index (χ1) is 9.11. The largest absolute Gasteiger partial charge is 0.504 e. The number of aromatic nitrogens is 1. The van der Waals surface area contributed by atoms with Gasteiger partial charge in [-0.15, -0.1) is 0 Å². The van der Waals surface area contributed by atoms with Crippen molar-refractivity contribution >= 4 is 27.5 Å². The van der Waals surface area contributed by atoms with Crippen LogP contribution in [0.25, 0.3) is 0 Å². The Labute approximate surface area is 118 Å². The summed E-state index contributed by atoms with van der Waals surface area (Å²) in [7, 11) is 1.45. The van der Waals surface area contributed by atoms with Crippen molar-refractivity contribution in [2.75, 3.05) is 12.4 Å². The average Bonchev–Trinajstić information content (AvgIpc) is 2.41. The number of carbonyl (C=O) groups is 1. The maximum atomic E-state index is 12.0. The first kappa shape index (κ1) is 13.4. The lowest BCUT2D eigenvalue weighted by Gasteiger charge is -2.08. The molecule has 98 valence electrons. The van der Waals surface area contributed by atoms with Gasteiger partial charge in [-0.05, 0) is 40.2 Å². The molecule has 1 amide bonds. The summed E-state index contributed by atoms with van der Waals surface area (Å²) in [4.78, 5) is 15.9. The first-order valence-corrected chi connectivity index (χ1v) is 6.19. The molecule has 0 atom stereocenters. The number of methoxy groups -OCH3 is 1. The first-order valence-electron chi connectivity index (χ1n) is 5.39. The number of aromatic hydroxyl groups is 1. The Balaban J connectivity index is 2.21. The summed E-state index contributed by atoms with van der Waals surface area (Å²) >= 11 is 3.29. The van der Waals surface area contributed by atoms with Crippen LogP contribution in [0.1, 0.15) is 10.4 Å². The molecule has 6 heteroatoms. The maximum Gasteiger partial charge on any atom is 0.255 e. The molecule has 0 aliphatic carbocycles. The third kappa shape index (κ3) is 3.03. The molecule has 2 aromatic rings. The Morgan fingerprint density at radius 2 is 2.21 bits per heavy atom. The molecule has 0 spiro atoms. The Bertz CT molecular complexity index is 617. The number of phenolic OH excluding ortho intramolecular Hbond substituents is 1. The summed E-state index contributed by atoms with van der Waals surface area (Å²) in [6, 6.07) is 6.13. The lowest BCUT2D eigenvalue weighted by Crippen LogP contribution is -2.12. The minimum atomic E-state index is -0.329. The highest BCUT2D eigenvalue weighted by Gasteiger charge is 2.11. The Kier molecular flexibility index (Phi) is 4.01. The van der Waals surface area contributed by atoms with E-state index in [0.29, 0.717) is 21.5 Å². The number of amides is 1. The number of rotatable bonds is 3. The number of ether oxygens (including phenoxy) is 1. The standard InChI is InChI=1S/C13H11BrN2O3/c1-19-12-3-2-8(6-11(12)17)13(18)16-10-4-5-15-7-9(10)14/h2-7,17H,1H3,(H,15,16,18). The number of hydrogen-bond donors (Lipinski definition) is 2. The predicted molar refractivity (Wildman–Crippen MR) is 74.5 cm³/mol. The highest BCUT2D eigenvalue weighted by atomic mass is 79.9. The highest BCUT2D eigenvalue weighted by Crippen LogP contribution is 2.27. The molecule has 5 nitrogen and oxygen atoms in total. The van der Waals surface area contributed by atoms with E-state index in [1.54, 1.807) is 24.5 Å². The Morgan fingerprint density at radius 1 is 1.42 bits per heavy atom. The summed E-state index contributed by atoms with van der Waals surface area (Å²) in [5, 5.41) is 12.4. The molecule has 1 aromatic heterocycles. The fourth-order valence-electron chi connectivity index (χ4n) is 1.50. The summed E-state index contributed by atoms with van der Waals surface area (Å²) < 4.78 is 5.60. The fourth-order valence-corrected chi connectivity index (χ4v) is 1.85. The number of benzene rings is 1. The molecule has 1 aromatic carbocycles. The van der Waals surface area contributed by atoms with Gasteiger partial charge in [0.05, 0.1) is 17.3 Å². The SMILES string of the molecule is COc1ccc(C(=O)Nc2ccncc2Br)cc1O. The van der Waals surface area contributed by atoms with Crippen LogP contribution in [0.2, 0.25) is 0 Å². The van der Waals surface area contributed by atoms with Crippen LogP contribution in [0.3, 0.4) is 0 Å². The third-order valence-electron chi connectivity index (χ3n) is 2.46. The van der Waals surface area contributed by atoms with Gasteiger partial charge in [0.15, 0.2) is 11.5 Å². The van der Waals surface area contributed by atoms with Crippen LogP contribution in [0, 0.1) is 0 Å². The second-order valence-electron chi connectivity index (χ2n) is 3.70. The molecule has 0 bridgehead atoms. The number of hydrogen-bond acceptors (Lipinski definition) is 4. The molecule has 2 N–H and O–H groups in total. The van der Waals surface area contributed by atoms with E-state index < -0.39 is 0 Å². The van der Waals surface area contributed by atoms with Crippen LogP contribution in [-0.2, 0) is 0 Å². The maximum absolute atomic E-state index is 12.0. The molecule has 0 fully saturated rings. The van der Waals surface area contributed by atoms with Crippen LogP contribution >= 0.6 is 15.9 Å². The predicted octanol–water partition coefficient (Wildman–Crippen LogP) is 2.81. The van der Waals surface area contributed by atoms with Crippen molar-refractivity contribution in [1.29, 1.82) is 0 Å². The van der Waals surface area contributed by atoms with E-state index in [2.05, 4.69) is 26.2 Å². The van der Waals surface area contributed by atoms with Gasteiger partial charge in [0.25, 0.3) is 5.91 Å². The second-order valence-corrected chi connectivity index (χ2v) is 4.55. The highest BCUT2D eigenvalue weighted by molar-refractivity contribution is 9.10. The molecule has 0 radical (unpaired) electrons.